The van der Waals surface area contributed by atoms with Gasteiger partial charge in [-0.25, -0.2) is 0 Å². The second-order valence-corrected chi connectivity index (χ2v) is 3.12. The van der Waals surface area contributed by atoms with Gasteiger partial charge in [-0.1, -0.05) is 0 Å². The van der Waals surface area contributed by atoms with Crippen LogP contribution >= 0.6 is 0 Å². The highest BCUT2D eigenvalue weighted by Gasteiger charge is 2.15. The second kappa shape index (κ2) is 4.05. The molecule has 1 aromatic carbocycles. The van der Waals surface area contributed by atoms with Crippen LogP contribution in [-0.4, -0.2) is 21.8 Å². The van der Waals surface area contributed by atoms with Gasteiger partial charge in [0.25, 0.3) is 5.69 Å². The number of nitro benzene ring substituents is 1. The van der Waals surface area contributed by atoms with Crippen molar-refractivity contribution in [3.05, 3.63) is 33.9 Å². The first-order valence-corrected chi connectivity index (χ1v) is 4.24. The minimum Gasteiger partial charge on any atom is -0.398 e. The molecule has 1 aromatic rings. The zero-order chi connectivity index (χ0) is 11.6. The number of nitro groups is 1. The maximum Gasteiger partial charge on any atom is 0.270 e. The normalized spacial score (nSPS) is 12.1. The number of nitrogens with one attached hydrogen (secondary N) is 1. The zero-order valence-electron chi connectivity index (χ0n) is 8.10. The summed E-state index contributed by atoms with van der Waals surface area (Å²) in [6.45, 7) is 1.40. The number of hydrogen-bond donors (Lipinski definition) is 3. The van der Waals surface area contributed by atoms with Crippen molar-refractivity contribution in [2.24, 2.45) is 0 Å². The monoisotopic (exact) mass is 209 g/mol. The molecule has 0 aromatic heterocycles. The first-order chi connectivity index (χ1) is 6.93. The Morgan fingerprint density at radius 1 is 1.67 bits per heavy atom. The minimum atomic E-state index is -1.01. The Balaban J connectivity index is 3.22. The predicted octanol–water partition coefficient (Wildman–Crippen LogP) is 0.926. The van der Waals surface area contributed by atoms with Gasteiger partial charge in [-0.3, -0.25) is 10.1 Å². The van der Waals surface area contributed by atoms with E-state index in [0.29, 0.717) is 0 Å². The van der Waals surface area contributed by atoms with E-state index in [4.69, 9.17) is 11.1 Å². The van der Waals surface area contributed by atoms with E-state index in [1.54, 1.807) is 0 Å². The quantitative estimate of drug-likeness (QED) is 0.297. The third kappa shape index (κ3) is 2.29. The van der Waals surface area contributed by atoms with E-state index in [1.807, 2.05) is 0 Å². The molecule has 0 aliphatic heterocycles. The molecule has 0 saturated carbocycles. The summed E-state index contributed by atoms with van der Waals surface area (Å²) in [6.07, 6.45) is -1.01. The van der Waals surface area contributed by atoms with Gasteiger partial charge in [0.2, 0.25) is 0 Å². The van der Waals surface area contributed by atoms with E-state index >= 15 is 0 Å². The lowest BCUT2D eigenvalue weighted by Gasteiger charge is -2.09. The van der Waals surface area contributed by atoms with Crippen molar-refractivity contribution < 1.29 is 10.0 Å². The zero-order valence-corrected chi connectivity index (χ0v) is 8.10. The molecule has 0 aliphatic carbocycles. The van der Waals surface area contributed by atoms with Gasteiger partial charge in [-0.05, 0) is 13.0 Å². The van der Waals surface area contributed by atoms with E-state index in [2.05, 4.69) is 0 Å². The summed E-state index contributed by atoms with van der Waals surface area (Å²) < 4.78 is 0. The van der Waals surface area contributed by atoms with Crippen LogP contribution < -0.4 is 5.73 Å². The molecular weight excluding hydrogens is 198 g/mol. The maximum absolute atomic E-state index is 10.5. The summed E-state index contributed by atoms with van der Waals surface area (Å²) in [5.41, 5.74) is 5.71. The lowest BCUT2D eigenvalue weighted by atomic mass is 10.0. The Morgan fingerprint density at radius 3 is 2.73 bits per heavy atom. The average molecular weight is 209 g/mol. The Kier molecular flexibility index (Phi) is 3.01. The van der Waals surface area contributed by atoms with Gasteiger partial charge < -0.3 is 16.2 Å². The smallest absolute Gasteiger partial charge is 0.270 e. The SMILES string of the molecule is CC(O)C(=N)c1cc([N+](=O)[O-])ccc1N. The van der Waals surface area contributed by atoms with Gasteiger partial charge in [-0.2, -0.15) is 0 Å². The molecule has 0 heterocycles. The van der Waals surface area contributed by atoms with Crippen LogP contribution in [-0.2, 0) is 0 Å². The first kappa shape index (κ1) is 11.1. The molecule has 6 nitrogen and oxygen atoms in total. The van der Waals surface area contributed by atoms with Crippen molar-refractivity contribution in [2.75, 3.05) is 5.73 Å². The number of benzene rings is 1. The first-order valence-electron chi connectivity index (χ1n) is 4.24. The second-order valence-electron chi connectivity index (χ2n) is 3.12. The van der Waals surface area contributed by atoms with Gasteiger partial charge in [0, 0.05) is 23.4 Å². The van der Waals surface area contributed by atoms with Crippen molar-refractivity contribution in [3.63, 3.8) is 0 Å². The molecule has 0 radical (unpaired) electrons. The van der Waals surface area contributed by atoms with Crippen LogP contribution in [0.15, 0.2) is 18.2 Å². The van der Waals surface area contributed by atoms with E-state index in [-0.39, 0.29) is 22.6 Å². The summed E-state index contributed by atoms with van der Waals surface area (Å²) in [7, 11) is 0. The van der Waals surface area contributed by atoms with Crippen LogP contribution in [0.4, 0.5) is 11.4 Å². The molecule has 0 spiro atoms. The number of anilines is 1. The topological polar surface area (TPSA) is 113 Å². The standard InChI is InChI=1S/C9H11N3O3/c1-5(13)9(11)7-4-6(12(14)15)2-3-8(7)10/h2-5,11,13H,10H2,1H3. The van der Waals surface area contributed by atoms with Crippen molar-refractivity contribution in [2.45, 2.75) is 13.0 Å². The molecule has 4 N–H and O–H groups in total. The third-order valence-electron chi connectivity index (χ3n) is 1.96. The van der Waals surface area contributed by atoms with E-state index in [9.17, 15) is 15.2 Å². The van der Waals surface area contributed by atoms with Crippen LogP contribution in [0.5, 0.6) is 0 Å². The molecule has 0 saturated heterocycles. The van der Waals surface area contributed by atoms with Crippen molar-refractivity contribution >= 4 is 17.1 Å². The van der Waals surface area contributed by atoms with Gasteiger partial charge in [0.15, 0.2) is 0 Å². The molecule has 6 heteroatoms. The van der Waals surface area contributed by atoms with Crippen molar-refractivity contribution in [3.8, 4) is 0 Å². The van der Waals surface area contributed by atoms with E-state index in [1.165, 1.54) is 25.1 Å². The van der Waals surface area contributed by atoms with Crippen LogP contribution in [0.2, 0.25) is 0 Å². The van der Waals surface area contributed by atoms with Crippen LogP contribution in [0.3, 0.4) is 0 Å². The van der Waals surface area contributed by atoms with Crippen LogP contribution in [0, 0.1) is 15.5 Å². The molecule has 1 rings (SSSR count). The van der Waals surface area contributed by atoms with Crippen molar-refractivity contribution in [1.29, 1.82) is 5.41 Å². The molecular formula is C9H11N3O3. The lowest BCUT2D eigenvalue weighted by Crippen LogP contribution is -2.17. The minimum absolute atomic E-state index is 0.129. The van der Waals surface area contributed by atoms with Gasteiger partial charge in [-0.15, -0.1) is 0 Å². The van der Waals surface area contributed by atoms with Crippen LogP contribution in [0.1, 0.15) is 12.5 Å². The Morgan fingerprint density at radius 2 is 2.27 bits per heavy atom. The molecule has 0 bridgehead atoms. The lowest BCUT2D eigenvalue weighted by molar-refractivity contribution is -0.384. The fourth-order valence-electron chi connectivity index (χ4n) is 1.12. The highest BCUT2D eigenvalue weighted by atomic mass is 16.6. The van der Waals surface area contributed by atoms with Gasteiger partial charge in [0.1, 0.15) is 0 Å². The summed E-state index contributed by atoms with van der Waals surface area (Å²) in [5, 5.41) is 27.2. The van der Waals surface area contributed by atoms with Crippen LogP contribution in [0.25, 0.3) is 0 Å². The molecule has 0 aliphatic rings. The summed E-state index contributed by atoms with van der Waals surface area (Å²) in [5.74, 6) is 0. The summed E-state index contributed by atoms with van der Waals surface area (Å²) in [4.78, 5) is 9.92. The fourth-order valence-corrected chi connectivity index (χ4v) is 1.12. The van der Waals surface area contributed by atoms with Crippen molar-refractivity contribution in [1.82, 2.24) is 0 Å². The average Bonchev–Trinajstić information content (AvgIpc) is 2.16. The number of aliphatic hydroxyl groups excluding tert-OH is 1. The van der Waals surface area contributed by atoms with E-state index in [0.717, 1.165) is 0 Å². The highest BCUT2D eigenvalue weighted by molar-refractivity contribution is 6.05. The number of non-ortho nitro benzene ring substituents is 1. The van der Waals surface area contributed by atoms with Gasteiger partial charge in [0.05, 0.1) is 16.7 Å². The summed E-state index contributed by atoms with van der Waals surface area (Å²) >= 11 is 0. The summed E-state index contributed by atoms with van der Waals surface area (Å²) in [6, 6.07) is 3.79. The Hall–Kier alpha value is -1.95. The third-order valence-corrected chi connectivity index (χ3v) is 1.96. The van der Waals surface area contributed by atoms with E-state index < -0.39 is 11.0 Å². The molecule has 0 fully saturated rings. The number of nitrogens with zero attached hydrogens (tertiary/aromatic N) is 1. The molecule has 0 amide bonds. The number of nitrogens with two attached hydrogens (primary N) is 1. The number of hydrogen-bond acceptors (Lipinski definition) is 5. The predicted molar refractivity (Wildman–Crippen MR) is 56.0 cm³/mol. The van der Waals surface area contributed by atoms with Gasteiger partial charge >= 0.3 is 0 Å². The number of nitrogen functional groups attached to an aromatic ring is 1. The Labute approximate surface area is 86.0 Å². The number of rotatable bonds is 3. The molecule has 1 atom stereocenters. The Bertz CT molecular complexity index is 415. The number of aliphatic hydroxyl groups is 1. The fraction of sp³-hybridized carbons (Fsp3) is 0.222. The largest absolute Gasteiger partial charge is 0.398 e. The molecule has 15 heavy (non-hydrogen) atoms. The maximum atomic E-state index is 10.5. The molecule has 80 valence electrons. The molecule has 1 unspecified atom stereocenters. The highest BCUT2D eigenvalue weighted by Crippen LogP contribution is 2.20.